The lowest BCUT2D eigenvalue weighted by atomic mass is 9.92. The van der Waals surface area contributed by atoms with Gasteiger partial charge in [0.05, 0.1) is 15.6 Å². The van der Waals surface area contributed by atoms with Gasteiger partial charge in [0.1, 0.15) is 6.29 Å². The Morgan fingerprint density at radius 1 is 1.08 bits per heavy atom. The minimum absolute atomic E-state index is 0.0610. The molecule has 2 aromatic carbocycles. The SMILES string of the molecule is O=CCC(CC(=O)n1ccc2ccccc21)c1ccc(Cl)c(Cl)c1. The lowest BCUT2D eigenvalue weighted by molar-refractivity contribution is -0.108. The van der Waals surface area contributed by atoms with E-state index in [-0.39, 0.29) is 24.7 Å². The highest BCUT2D eigenvalue weighted by Gasteiger charge is 2.19. The molecule has 0 saturated carbocycles. The number of nitrogens with zero attached hydrogens (tertiary/aromatic N) is 1. The van der Waals surface area contributed by atoms with Crippen molar-refractivity contribution in [3.05, 3.63) is 70.3 Å². The molecule has 0 saturated heterocycles. The van der Waals surface area contributed by atoms with E-state index >= 15 is 0 Å². The molecule has 0 bridgehead atoms. The van der Waals surface area contributed by atoms with Gasteiger partial charge >= 0.3 is 0 Å². The molecule has 3 aromatic rings. The third-order valence-electron chi connectivity index (χ3n) is 4.08. The van der Waals surface area contributed by atoms with Crippen molar-refractivity contribution in [2.24, 2.45) is 0 Å². The fourth-order valence-corrected chi connectivity index (χ4v) is 3.14. The number of rotatable bonds is 5. The van der Waals surface area contributed by atoms with Gasteiger partial charge in [-0.15, -0.1) is 0 Å². The van der Waals surface area contributed by atoms with Crippen molar-refractivity contribution in [2.75, 3.05) is 0 Å². The van der Waals surface area contributed by atoms with Crippen LogP contribution in [-0.2, 0) is 4.79 Å². The van der Waals surface area contributed by atoms with E-state index in [9.17, 15) is 9.59 Å². The topological polar surface area (TPSA) is 39.1 Å². The van der Waals surface area contributed by atoms with Crippen LogP contribution in [0.3, 0.4) is 0 Å². The first-order chi connectivity index (χ1) is 11.6. The second-order valence-corrected chi connectivity index (χ2v) is 6.43. The maximum atomic E-state index is 12.7. The van der Waals surface area contributed by atoms with E-state index in [1.165, 1.54) is 0 Å². The second-order valence-electron chi connectivity index (χ2n) is 5.62. The van der Waals surface area contributed by atoms with Gasteiger partial charge in [0.2, 0.25) is 5.91 Å². The number of halogens is 2. The lowest BCUT2D eigenvalue weighted by Crippen LogP contribution is -2.14. The predicted molar refractivity (Wildman–Crippen MR) is 97.1 cm³/mol. The Morgan fingerprint density at radius 2 is 1.88 bits per heavy atom. The average Bonchev–Trinajstić information content (AvgIpc) is 3.01. The molecule has 1 unspecified atom stereocenters. The Balaban J connectivity index is 1.88. The van der Waals surface area contributed by atoms with E-state index in [1.54, 1.807) is 22.9 Å². The van der Waals surface area contributed by atoms with E-state index < -0.39 is 0 Å². The summed E-state index contributed by atoms with van der Waals surface area (Å²) < 4.78 is 1.63. The van der Waals surface area contributed by atoms with Gasteiger partial charge in [0.25, 0.3) is 0 Å². The number of carbonyl (C=O) groups is 2. The van der Waals surface area contributed by atoms with Gasteiger partial charge in [0, 0.05) is 24.4 Å². The highest BCUT2D eigenvalue weighted by Crippen LogP contribution is 2.30. The first-order valence-electron chi connectivity index (χ1n) is 7.58. The fraction of sp³-hybridized carbons (Fsp3) is 0.158. The Morgan fingerprint density at radius 3 is 2.62 bits per heavy atom. The molecule has 0 N–H and O–H groups in total. The predicted octanol–water partition coefficient (Wildman–Crippen LogP) is 5.35. The number of aldehydes is 1. The van der Waals surface area contributed by atoms with Crippen LogP contribution < -0.4 is 0 Å². The molecule has 1 heterocycles. The van der Waals surface area contributed by atoms with Crippen LogP contribution in [0.5, 0.6) is 0 Å². The molecule has 0 aliphatic carbocycles. The Kier molecular flexibility index (Phi) is 5.03. The summed E-state index contributed by atoms with van der Waals surface area (Å²) in [5.74, 6) is -0.292. The minimum Gasteiger partial charge on any atom is -0.303 e. The molecule has 24 heavy (non-hydrogen) atoms. The number of hydrogen-bond donors (Lipinski definition) is 0. The smallest absolute Gasteiger partial charge is 0.231 e. The summed E-state index contributed by atoms with van der Waals surface area (Å²) in [6, 6.07) is 14.8. The molecule has 5 heteroatoms. The fourth-order valence-electron chi connectivity index (χ4n) is 2.83. The third kappa shape index (κ3) is 3.37. The number of hydrogen-bond acceptors (Lipinski definition) is 2. The van der Waals surface area contributed by atoms with E-state index in [1.807, 2.05) is 36.4 Å². The van der Waals surface area contributed by atoms with Gasteiger partial charge in [-0.3, -0.25) is 9.36 Å². The van der Waals surface area contributed by atoms with Gasteiger partial charge in [-0.2, -0.15) is 0 Å². The van der Waals surface area contributed by atoms with Gasteiger partial charge in [0.15, 0.2) is 0 Å². The molecule has 3 rings (SSSR count). The molecule has 1 atom stereocenters. The van der Waals surface area contributed by atoms with Crippen molar-refractivity contribution in [1.82, 2.24) is 4.57 Å². The number of benzene rings is 2. The van der Waals surface area contributed by atoms with Gasteiger partial charge in [-0.05, 0) is 35.7 Å². The molecule has 3 nitrogen and oxygen atoms in total. The van der Waals surface area contributed by atoms with Crippen molar-refractivity contribution in [3.63, 3.8) is 0 Å². The Bertz CT molecular complexity index is 901. The maximum Gasteiger partial charge on any atom is 0.231 e. The van der Waals surface area contributed by atoms with Crippen molar-refractivity contribution in [2.45, 2.75) is 18.8 Å². The highest BCUT2D eigenvalue weighted by molar-refractivity contribution is 6.42. The molecular weight excluding hydrogens is 345 g/mol. The van der Waals surface area contributed by atoms with E-state index in [4.69, 9.17) is 23.2 Å². The zero-order valence-electron chi connectivity index (χ0n) is 12.8. The molecule has 0 aliphatic rings. The summed E-state index contributed by atoms with van der Waals surface area (Å²) in [7, 11) is 0. The van der Waals surface area contributed by atoms with Crippen LogP contribution in [0.1, 0.15) is 29.1 Å². The third-order valence-corrected chi connectivity index (χ3v) is 4.82. The number of para-hydroxylation sites is 1. The molecular formula is C19H15Cl2NO2. The lowest BCUT2D eigenvalue weighted by Gasteiger charge is -2.15. The first-order valence-corrected chi connectivity index (χ1v) is 8.33. The summed E-state index contributed by atoms with van der Waals surface area (Å²) in [6.45, 7) is 0. The molecule has 0 fully saturated rings. The summed E-state index contributed by atoms with van der Waals surface area (Å²) in [5.41, 5.74) is 1.70. The molecule has 1 aromatic heterocycles. The van der Waals surface area contributed by atoms with Crippen LogP contribution in [0.25, 0.3) is 10.9 Å². The van der Waals surface area contributed by atoms with Crippen LogP contribution in [0, 0.1) is 0 Å². The standard InChI is InChI=1S/C19H15Cl2NO2/c20-16-6-5-14(11-17(16)21)15(8-10-23)12-19(24)22-9-7-13-3-1-2-4-18(13)22/h1-7,9-11,15H,8,12H2. The summed E-state index contributed by atoms with van der Waals surface area (Å²) in [4.78, 5) is 23.8. The van der Waals surface area contributed by atoms with Crippen LogP contribution >= 0.6 is 23.2 Å². The average molecular weight is 360 g/mol. The van der Waals surface area contributed by atoms with E-state index in [0.29, 0.717) is 10.0 Å². The molecule has 0 amide bonds. The van der Waals surface area contributed by atoms with Crippen molar-refractivity contribution < 1.29 is 9.59 Å². The summed E-state index contributed by atoms with van der Waals surface area (Å²) in [6.07, 6.45) is 3.06. The van der Waals surface area contributed by atoms with Crippen LogP contribution in [0.2, 0.25) is 10.0 Å². The second kappa shape index (κ2) is 7.20. The van der Waals surface area contributed by atoms with E-state index in [2.05, 4.69) is 0 Å². The molecule has 0 aliphatic heterocycles. The minimum atomic E-state index is -0.231. The molecule has 0 spiro atoms. The summed E-state index contributed by atoms with van der Waals surface area (Å²) in [5, 5.41) is 1.88. The van der Waals surface area contributed by atoms with Crippen molar-refractivity contribution in [3.8, 4) is 0 Å². The largest absolute Gasteiger partial charge is 0.303 e. The van der Waals surface area contributed by atoms with Crippen molar-refractivity contribution in [1.29, 1.82) is 0 Å². The van der Waals surface area contributed by atoms with Crippen molar-refractivity contribution >= 4 is 46.3 Å². The maximum absolute atomic E-state index is 12.7. The summed E-state index contributed by atoms with van der Waals surface area (Å²) >= 11 is 12.0. The van der Waals surface area contributed by atoms with Gasteiger partial charge < -0.3 is 4.79 Å². The quantitative estimate of drug-likeness (QED) is 0.575. The number of carbonyl (C=O) groups excluding carboxylic acids is 2. The zero-order valence-corrected chi connectivity index (χ0v) is 14.3. The van der Waals surface area contributed by atoms with Gasteiger partial charge in [-0.1, -0.05) is 47.5 Å². The van der Waals surface area contributed by atoms with Crippen LogP contribution in [0.4, 0.5) is 0 Å². The Labute approximate surface area is 149 Å². The molecule has 0 radical (unpaired) electrons. The first kappa shape index (κ1) is 16.7. The molecule has 122 valence electrons. The monoisotopic (exact) mass is 359 g/mol. The van der Waals surface area contributed by atoms with Crippen LogP contribution in [-0.4, -0.2) is 16.8 Å². The number of fused-ring (bicyclic) bond motifs is 1. The highest BCUT2D eigenvalue weighted by atomic mass is 35.5. The zero-order chi connectivity index (χ0) is 17.1. The van der Waals surface area contributed by atoms with Gasteiger partial charge in [-0.25, -0.2) is 0 Å². The van der Waals surface area contributed by atoms with Crippen LogP contribution in [0.15, 0.2) is 54.7 Å². The number of aromatic nitrogens is 1. The Hall–Kier alpha value is -2.10. The normalized spacial score (nSPS) is 12.2. The van der Waals surface area contributed by atoms with E-state index in [0.717, 1.165) is 22.8 Å².